The molecule has 2 aromatic heterocycles. The third-order valence-electron chi connectivity index (χ3n) is 3.41. The molecule has 0 bridgehead atoms. The zero-order valence-corrected chi connectivity index (χ0v) is 15.4. The molecule has 12 nitrogen and oxygen atoms in total. The molecule has 5 unspecified atom stereocenters. The maximum absolute atomic E-state index is 10.9. The van der Waals surface area contributed by atoms with Crippen LogP contribution in [0, 0.1) is 0 Å². The average Bonchev–Trinajstić information content (AvgIpc) is 3.01. The van der Waals surface area contributed by atoms with E-state index in [1.54, 1.807) is 0 Å². The number of anilines is 1. The van der Waals surface area contributed by atoms with Gasteiger partial charge < -0.3 is 35.0 Å². The second kappa shape index (κ2) is 7.30. The number of aromatic nitrogens is 4. The summed E-state index contributed by atoms with van der Waals surface area (Å²) in [5.41, 5.74) is 6.17. The van der Waals surface area contributed by atoms with Gasteiger partial charge in [0.2, 0.25) is 0 Å². The second-order valence-corrected chi connectivity index (χ2v) is 6.01. The monoisotopic (exact) mass is 369 g/mol. The number of ether oxygens (including phenoxy) is 1. The molecule has 0 amide bonds. The normalized spacial score (nSPS) is 29.3. The summed E-state index contributed by atoms with van der Waals surface area (Å²) in [6, 6.07) is 0. The van der Waals surface area contributed by atoms with Gasteiger partial charge in [0.05, 0.1) is 12.9 Å². The van der Waals surface area contributed by atoms with Crippen molar-refractivity contribution in [2.45, 2.75) is 24.5 Å². The van der Waals surface area contributed by atoms with E-state index in [2.05, 4.69) is 19.5 Å². The van der Waals surface area contributed by atoms with E-state index in [-0.39, 0.29) is 46.5 Å². The van der Waals surface area contributed by atoms with Crippen LogP contribution >= 0.6 is 7.82 Å². The minimum absolute atomic E-state index is 0. The van der Waals surface area contributed by atoms with Crippen molar-refractivity contribution in [2.75, 3.05) is 12.3 Å². The van der Waals surface area contributed by atoms with Crippen LogP contribution in [0.4, 0.5) is 5.82 Å². The van der Waals surface area contributed by atoms with Crippen molar-refractivity contribution in [3.63, 3.8) is 0 Å². The molecule has 0 aliphatic carbocycles. The summed E-state index contributed by atoms with van der Waals surface area (Å²) in [4.78, 5) is 31.5. The number of hydrogen-bond donors (Lipinski definition) is 4. The van der Waals surface area contributed by atoms with Crippen LogP contribution in [0.5, 0.6) is 0 Å². The zero-order valence-electron chi connectivity index (χ0n) is 12.5. The first-order chi connectivity index (χ1) is 10.8. The summed E-state index contributed by atoms with van der Waals surface area (Å²) in [6.07, 6.45) is -2.88. The predicted octanol–water partition coefficient (Wildman–Crippen LogP) is -5.49. The molecule has 3 rings (SSSR count). The summed E-state index contributed by atoms with van der Waals surface area (Å²) in [5.74, 6) is 0.118. The number of phosphoric acid groups is 1. The van der Waals surface area contributed by atoms with Crippen molar-refractivity contribution in [1.29, 1.82) is 0 Å². The Hall–Kier alpha value is -0.660. The number of aliphatic hydroxyl groups is 2. The van der Waals surface area contributed by atoms with Crippen molar-refractivity contribution in [3.05, 3.63) is 12.7 Å². The summed E-state index contributed by atoms with van der Waals surface area (Å²) in [6.45, 7) is -0.637. The molecule has 0 spiro atoms. The van der Waals surface area contributed by atoms with E-state index in [9.17, 15) is 19.7 Å². The Bertz CT molecular complexity index is 769. The number of nitrogens with two attached hydrogens (primary N) is 1. The number of nitrogen functional groups attached to an aromatic ring is 1. The van der Waals surface area contributed by atoms with Gasteiger partial charge >= 0.3 is 29.6 Å². The first kappa shape index (κ1) is 19.7. The fraction of sp³-hybridized carbons (Fsp3) is 0.500. The summed E-state index contributed by atoms with van der Waals surface area (Å²) in [5, 5.41) is 19.5. The predicted molar refractivity (Wildman–Crippen MR) is 71.4 cm³/mol. The third-order valence-corrected chi connectivity index (χ3v) is 3.92. The van der Waals surface area contributed by atoms with Crippen LogP contribution in [0.15, 0.2) is 12.7 Å². The Morgan fingerprint density at radius 1 is 1.46 bits per heavy atom. The molecule has 5 atom stereocenters. The van der Waals surface area contributed by atoms with Crippen LogP contribution in [0.1, 0.15) is 6.23 Å². The van der Waals surface area contributed by atoms with Gasteiger partial charge in [0.25, 0.3) is 7.82 Å². The molecule has 24 heavy (non-hydrogen) atoms. The van der Waals surface area contributed by atoms with E-state index in [4.69, 9.17) is 15.4 Å². The Kier molecular flexibility index (Phi) is 5.98. The Morgan fingerprint density at radius 2 is 2.17 bits per heavy atom. The summed E-state index contributed by atoms with van der Waals surface area (Å²) >= 11 is 0. The average molecular weight is 369 g/mol. The Morgan fingerprint density at radius 3 is 2.79 bits per heavy atom. The zero-order chi connectivity index (χ0) is 16.8. The van der Waals surface area contributed by atoms with E-state index in [1.807, 2.05) is 0 Å². The largest absolute Gasteiger partial charge is 1.00 e. The van der Waals surface area contributed by atoms with E-state index in [0.717, 1.165) is 0 Å². The molecule has 0 aromatic carbocycles. The van der Waals surface area contributed by atoms with Crippen LogP contribution in [0.3, 0.4) is 0 Å². The number of phosphoric ester groups is 1. The molecule has 3 heterocycles. The van der Waals surface area contributed by atoms with Gasteiger partial charge in [-0.25, -0.2) is 15.0 Å². The van der Waals surface area contributed by atoms with Crippen LogP contribution in [-0.2, 0) is 13.8 Å². The number of aliphatic hydroxyl groups excluding tert-OH is 2. The van der Waals surface area contributed by atoms with Crippen molar-refractivity contribution in [1.82, 2.24) is 19.5 Å². The van der Waals surface area contributed by atoms with Gasteiger partial charge in [-0.15, -0.1) is 0 Å². The SMILES string of the molecule is Nc1ncnc2c1ncn2C1OC(CO)C(OP(=O)([O-])O)C1O.[Na+]. The quantitative estimate of drug-likeness (QED) is 0.297. The standard InChI is InChI=1S/C10H14N5O7P.Na/c11-8-5-9(13-2-12-8)15(3-14-5)10-6(17)7(4(1-16)21-10)22-23(18,19)20;/h2-4,6-7,10,16-17H,1H2,(H2,11,12,13)(H2,18,19,20);/q;+1/p-1. The minimum atomic E-state index is -5.13. The molecule has 1 saturated heterocycles. The van der Waals surface area contributed by atoms with E-state index >= 15 is 0 Å². The topological polar surface area (TPSA) is 189 Å². The van der Waals surface area contributed by atoms with Gasteiger partial charge in [0.15, 0.2) is 17.7 Å². The third kappa shape index (κ3) is 3.63. The molecule has 0 saturated carbocycles. The first-order valence-corrected chi connectivity index (χ1v) is 7.91. The second-order valence-electron chi connectivity index (χ2n) is 4.86. The van der Waals surface area contributed by atoms with Crippen molar-refractivity contribution in [3.8, 4) is 0 Å². The number of hydrogen-bond acceptors (Lipinski definition) is 10. The fourth-order valence-corrected chi connectivity index (χ4v) is 3.00. The Labute approximate surface area is 157 Å². The number of imidazole rings is 1. The number of fused-ring (bicyclic) bond motifs is 1. The molecule has 126 valence electrons. The molecule has 1 aliphatic rings. The molecule has 2 aromatic rings. The summed E-state index contributed by atoms with van der Waals surface area (Å²) < 4.78 is 22.0. The van der Waals surface area contributed by atoms with Crippen LogP contribution in [0.2, 0.25) is 0 Å². The first-order valence-electron chi connectivity index (χ1n) is 6.41. The Balaban J connectivity index is 0.00000208. The maximum Gasteiger partial charge on any atom is 1.00 e. The minimum Gasteiger partial charge on any atom is -0.756 e. The van der Waals surface area contributed by atoms with Crippen molar-refractivity contribution < 1.29 is 63.4 Å². The molecule has 14 heteroatoms. The van der Waals surface area contributed by atoms with Gasteiger partial charge in [0, 0.05) is 0 Å². The smallest absolute Gasteiger partial charge is 0.756 e. The van der Waals surface area contributed by atoms with Crippen molar-refractivity contribution in [2.24, 2.45) is 0 Å². The van der Waals surface area contributed by atoms with Gasteiger partial charge in [-0.1, -0.05) is 0 Å². The fourth-order valence-electron chi connectivity index (χ4n) is 2.44. The van der Waals surface area contributed by atoms with E-state index in [1.165, 1.54) is 17.2 Å². The summed E-state index contributed by atoms with van der Waals surface area (Å²) in [7, 11) is -5.13. The van der Waals surface area contributed by atoms with E-state index < -0.39 is 39.0 Å². The van der Waals surface area contributed by atoms with Crippen LogP contribution < -0.4 is 40.2 Å². The van der Waals surface area contributed by atoms with Gasteiger partial charge in [-0.3, -0.25) is 9.13 Å². The number of nitrogens with zero attached hydrogens (tertiary/aromatic N) is 4. The van der Waals surface area contributed by atoms with Crippen LogP contribution in [-0.4, -0.2) is 59.5 Å². The maximum atomic E-state index is 10.9. The van der Waals surface area contributed by atoms with Crippen LogP contribution in [0.25, 0.3) is 11.2 Å². The molecule has 1 fully saturated rings. The molecule has 5 N–H and O–H groups in total. The van der Waals surface area contributed by atoms with Gasteiger partial charge in [0.1, 0.15) is 30.2 Å². The van der Waals surface area contributed by atoms with E-state index in [0.29, 0.717) is 0 Å². The molecule has 1 aliphatic heterocycles. The molecule has 0 radical (unpaired) electrons. The van der Waals surface area contributed by atoms with Gasteiger partial charge in [-0.2, -0.15) is 0 Å². The van der Waals surface area contributed by atoms with Gasteiger partial charge in [-0.05, 0) is 0 Å². The van der Waals surface area contributed by atoms with Crippen molar-refractivity contribution >= 4 is 24.8 Å². The number of rotatable bonds is 4. The molecular formula is C10H13N5NaO7P. The molecular weight excluding hydrogens is 356 g/mol.